The van der Waals surface area contributed by atoms with Crippen LogP contribution in [-0.4, -0.2) is 65.5 Å². The van der Waals surface area contributed by atoms with Gasteiger partial charge in [-0.1, -0.05) is 36.4 Å². The third kappa shape index (κ3) is 5.44. The lowest BCUT2D eigenvalue weighted by Crippen LogP contribution is -2.48. The summed E-state index contributed by atoms with van der Waals surface area (Å²) in [5.41, 5.74) is 2.10. The molecule has 35 heavy (non-hydrogen) atoms. The molecule has 3 heterocycles. The lowest BCUT2D eigenvalue weighted by Gasteiger charge is -2.34. The number of carbonyl (C=O) groups is 1. The minimum atomic E-state index is 0.128. The number of piperazine rings is 1. The first-order chi connectivity index (χ1) is 17.2. The SMILES string of the molecule is COc1ccccc1CCNc1nc(CN2CCN(C(=O)c3cccs3)CC2)nc2ccccc12. The Morgan fingerprint density at radius 3 is 2.60 bits per heavy atom. The van der Waals surface area contributed by atoms with Crippen molar-refractivity contribution in [1.29, 1.82) is 0 Å². The second-order valence-electron chi connectivity index (χ2n) is 8.54. The number of thiophene rings is 1. The first kappa shape index (κ1) is 23.3. The van der Waals surface area contributed by atoms with E-state index in [0.29, 0.717) is 19.6 Å². The molecule has 8 heteroatoms. The molecule has 1 saturated heterocycles. The zero-order valence-corrected chi connectivity index (χ0v) is 20.6. The summed E-state index contributed by atoms with van der Waals surface area (Å²) in [5.74, 6) is 2.68. The summed E-state index contributed by atoms with van der Waals surface area (Å²) in [6.07, 6.45) is 0.831. The van der Waals surface area contributed by atoms with E-state index in [2.05, 4.69) is 22.3 Å². The number of ether oxygens (including phenoxy) is 1. The summed E-state index contributed by atoms with van der Waals surface area (Å²) in [6, 6.07) is 20.0. The number of rotatable bonds is 8. The smallest absolute Gasteiger partial charge is 0.264 e. The monoisotopic (exact) mass is 487 g/mol. The molecule has 0 spiro atoms. The summed E-state index contributed by atoms with van der Waals surface area (Å²) in [4.78, 5) is 27.4. The maximum absolute atomic E-state index is 12.6. The molecule has 2 aromatic carbocycles. The van der Waals surface area contributed by atoms with E-state index in [1.165, 1.54) is 11.3 Å². The van der Waals surface area contributed by atoms with E-state index in [0.717, 1.165) is 64.8 Å². The fourth-order valence-electron chi connectivity index (χ4n) is 4.42. The van der Waals surface area contributed by atoms with Crippen LogP contribution in [0.5, 0.6) is 5.75 Å². The molecule has 4 aromatic rings. The highest BCUT2D eigenvalue weighted by Gasteiger charge is 2.23. The van der Waals surface area contributed by atoms with Gasteiger partial charge in [0.1, 0.15) is 17.4 Å². The third-order valence-electron chi connectivity index (χ3n) is 6.29. The fourth-order valence-corrected chi connectivity index (χ4v) is 5.11. The van der Waals surface area contributed by atoms with Gasteiger partial charge < -0.3 is 15.0 Å². The minimum absolute atomic E-state index is 0.128. The summed E-state index contributed by atoms with van der Waals surface area (Å²) in [7, 11) is 1.70. The van der Waals surface area contributed by atoms with Crippen LogP contribution in [0, 0.1) is 0 Å². The lowest BCUT2D eigenvalue weighted by molar-refractivity contribution is 0.0630. The summed E-state index contributed by atoms with van der Waals surface area (Å²) >= 11 is 1.50. The highest BCUT2D eigenvalue weighted by atomic mass is 32.1. The number of para-hydroxylation sites is 2. The average Bonchev–Trinajstić information content (AvgIpc) is 3.44. The number of fused-ring (bicyclic) bond motifs is 1. The van der Waals surface area contributed by atoms with Crippen LogP contribution in [0.1, 0.15) is 21.1 Å². The van der Waals surface area contributed by atoms with Crippen molar-refractivity contribution in [1.82, 2.24) is 19.8 Å². The Kier molecular flexibility index (Phi) is 7.20. The number of nitrogens with zero attached hydrogens (tertiary/aromatic N) is 4. The number of hydrogen-bond acceptors (Lipinski definition) is 7. The van der Waals surface area contributed by atoms with Crippen molar-refractivity contribution in [2.45, 2.75) is 13.0 Å². The zero-order chi connectivity index (χ0) is 24.0. The van der Waals surface area contributed by atoms with Gasteiger partial charge in [0.05, 0.1) is 24.0 Å². The number of hydrogen-bond donors (Lipinski definition) is 1. The molecule has 7 nitrogen and oxygen atoms in total. The van der Waals surface area contributed by atoms with Crippen molar-refractivity contribution in [3.63, 3.8) is 0 Å². The van der Waals surface area contributed by atoms with Crippen LogP contribution in [0.25, 0.3) is 10.9 Å². The number of anilines is 1. The molecular formula is C27H29N5O2S. The predicted molar refractivity (Wildman–Crippen MR) is 140 cm³/mol. The molecule has 0 atom stereocenters. The van der Waals surface area contributed by atoms with E-state index in [9.17, 15) is 4.79 Å². The quantitative estimate of drug-likeness (QED) is 0.399. The van der Waals surface area contributed by atoms with Gasteiger partial charge in [-0.2, -0.15) is 0 Å². The average molecular weight is 488 g/mol. The maximum atomic E-state index is 12.6. The minimum Gasteiger partial charge on any atom is -0.496 e. The first-order valence-corrected chi connectivity index (χ1v) is 12.8. The Morgan fingerprint density at radius 2 is 1.80 bits per heavy atom. The van der Waals surface area contributed by atoms with Gasteiger partial charge in [-0.25, -0.2) is 9.97 Å². The number of aromatic nitrogens is 2. The van der Waals surface area contributed by atoms with Crippen LogP contribution >= 0.6 is 11.3 Å². The summed E-state index contributed by atoms with van der Waals surface area (Å²) < 4.78 is 5.48. The number of benzene rings is 2. The van der Waals surface area contributed by atoms with Crippen LogP contribution in [0.15, 0.2) is 66.0 Å². The van der Waals surface area contributed by atoms with E-state index < -0.39 is 0 Å². The van der Waals surface area contributed by atoms with Crippen LogP contribution in [0.4, 0.5) is 5.82 Å². The molecular weight excluding hydrogens is 458 g/mol. The Bertz CT molecular complexity index is 1290. The number of methoxy groups -OCH3 is 1. The van der Waals surface area contributed by atoms with Crippen LogP contribution in [-0.2, 0) is 13.0 Å². The van der Waals surface area contributed by atoms with E-state index >= 15 is 0 Å². The van der Waals surface area contributed by atoms with E-state index in [4.69, 9.17) is 14.7 Å². The van der Waals surface area contributed by atoms with Crippen LogP contribution < -0.4 is 10.1 Å². The molecule has 0 radical (unpaired) electrons. The summed E-state index contributed by atoms with van der Waals surface area (Å²) in [6.45, 7) is 4.45. The topological polar surface area (TPSA) is 70.6 Å². The van der Waals surface area contributed by atoms with E-state index in [-0.39, 0.29) is 5.91 Å². The van der Waals surface area contributed by atoms with Gasteiger partial charge in [0.15, 0.2) is 0 Å². The second-order valence-corrected chi connectivity index (χ2v) is 9.49. The Hall–Kier alpha value is -3.49. The predicted octanol–water partition coefficient (Wildman–Crippen LogP) is 4.31. The van der Waals surface area contributed by atoms with Crippen molar-refractivity contribution >= 4 is 34.0 Å². The van der Waals surface area contributed by atoms with Gasteiger partial charge >= 0.3 is 0 Å². The largest absolute Gasteiger partial charge is 0.496 e. The van der Waals surface area contributed by atoms with Crippen LogP contribution in [0.3, 0.4) is 0 Å². The third-order valence-corrected chi connectivity index (χ3v) is 7.14. The van der Waals surface area contributed by atoms with Gasteiger partial charge in [-0.05, 0) is 41.6 Å². The maximum Gasteiger partial charge on any atom is 0.264 e. The van der Waals surface area contributed by atoms with E-state index in [1.807, 2.05) is 58.8 Å². The number of carbonyl (C=O) groups excluding carboxylic acids is 1. The number of nitrogens with one attached hydrogen (secondary N) is 1. The van der Waals surface area contributed by atoms with Gasteiger partial charge in [-0.15, -0.1) is 11.3 Å². The lowest BCUT2D eigenvalue weighted by atomic mass is 10.1. The molecule has 1 fully saturated rings. The molecule has 5 rings (SSSR count). The normalized spacial score (nSPS) is 14.3. The van der Waals surface area contributed by atoms with Crippen molar-refractivity contribution < 1.29 is 9.53 Å². The summed E-state index contributed by atoms with van der Waals surface area (Å²) in [5, 5.41) is 6.49. The molecule has 0 bridgehead atoms. The van der Waals surface area contributed by atoms with Crippen molar-refractivity contribution in [3.8, 4) is 5.75 Å². The van der Waals surface area contributed by atoms with Crippen molar-refractivity contribution in [2.24, 2.45) is 0 Å². The van der Waals surface area contributed by atoms with Gasteiger partial charge in [0.2, 0.25) is 0 Å². The zero-order valence-electron chi connectivity index (χ0n) is 19.8. The Labute approximate surface area is 209 Å². The molecule has 180 valence electrons. The van der Waals surface area contributed by atoms with Gasteiger partial charge in [-0.3, -0.25) is 9.69 Å². The molecule has 1 N–H and O–H groups in total. The Morgan fingerprint density at radius 1 is 1.00 bits per heavy atom. The van der Waals surface area contributed by atoms with Crippen molar-refractivity contribution in [3.05, 3.63) is 82.3 Å². The molecule has 1 aliphatic heterocycles. The fraction of sp³-hybridized carbons (Fsp3) is 0.296. The van der Waals surface area contributed by atoms with Crippen molar-refractivity contribution in [2.75, 3.05) is 45.2 Å². The van der Waals surface area contributed by atoms with Gasteiger partial charge in [0, 0.05) is 38.1 Å². The van der Waals surface area contributed by atoms with E-state index in [1.54, 1.807) is 7.11 Å². The highest BCUT2D eigenvalue weighted by Crippen LogP contribution is 2.23. The van der Waals surface area contributed by atoms with Gasteiger partial charge in [0.25, 0.3) is 5.91 Å². The Balaban J connectivity index is 1.25. The standard InChI is InChI=1S/C27H29N5O2S/c1-34-23-10-5-2-7-20(23)12-13-28-26-21-8-3-4-9-22(21)29-25(30-26)19-31-14-16-32(17-15-31)27(33)24-11-6-18-35-24/h2-11,18H,12-17,19H2,1H3,(H,28,29,30). The number of amides is 1. The molecule has 0 aliphatic carbocycles. The molecule has 2 aromatic heterocycles. The first-order valence-electron chi connectivity index (χ1n) is 11.9. The van der Waals surface area contributed by atoms with Crippen LogP contribution in [0.2, 0.25) is 0 Å². The molecule has 0 unspecified atom stereocenters. The molecule has 1 aliphatic rings. The molecule has 1 amide bonds. The molecule has 0 saturated carbocycles. The highest BCUT2D eigenvalue weighted by molar-refractivity contribution is 7.12. The second kappa shape index (κ2) is 10.8.